The maximum atomic E-state index is 12.5. The van der Waals surface area contributed by atoms with Crippen LogP contribution in [0.3, 0.4) is 0 Å². The van der Waals surface area contributed by atoms with Gasteiger partial charge in [0.25, 0.3) is 0 Å². The molecule has 0 aromatic carbocycles. The Hall–Kier alpha value is -2.19. The largest absolute Gasteiger partial charge is 0.454 e. The molecule has 0 bridgehead atoms. The third-order valence-corrected chi connectivity index (χ3v) is 7.11. The number of ketones is 1. The third kappa shape index (κ3) is 4.56. The minimum atomic E-state index is -3.02. The number of thiophene rings is 1. The molecule has 1 aliphatic heterocycles. The Balaban J connectivity index is 1.65. The van der Waals surface area contributed by atoms with Crippen molar-refractivity contribution in [2.75, 3.05) is 18.1 Å². The van der Waals surface area contributed by atoms with E-state index >= 15 is 0 Å². The summed E-state index contributed by atoms with van der Waals surface area (Å²) in [5.74, 6) is -0.608. The first-order valence-corrected chi connectivity index (χ1v) is 11.3. The lowest BCUT2D eigenvalue weighted by molar-refractivity contribution is -0.136. The molecule has 8 heteroatoms. The highest BCUT2D eigenvalue weighted by Crippen LogP contribution is 2.29. The van der Waals surface area contributed by atoms with Crippen LogP contribution < -0.4 is 0 Å². The van der Waals surface area contributed by atoms with Crippen LogP contribution in [0.15, 0.2) is 29.0 Å². The first kappa shape index (κ1) is 19.6. The molecular weight excluding hydrogens is 386 g/mol. The van der Waals surface area contributed by atoms with Crippen molar-refractivity contribution >= 4 is 39.0 Å². The van der Waals surface area contributed by atoms with E-state index in [1.807, 2.05) is 28.3 Å². The van der Waals surface area contributed by atoms with Crippen molar-refractivity contribution in [2.45, 2.75) is 26.3 Å². The Morgan fingerprint density at radius 2 is 2.15 bits per heavy atom. The van der Waals surface area contributed by atoms with Gasteiger partial charge in [0, 0.05) is 29.1 Å². The summed E-state index contributed by atoms with van der Waals surface area (Å²) in [6, 6.07) is 3.46. The lowest BCUT2D eigenvalue weighted by Crippen LogP contribution is -2.16. The van der Waals surface area contributed by atoms with E-state index in [4.69, 9.17) is 4.74 Å². The van der Waals surface area contributed by atoms with Crippen LogP contribution >= 0.6 is 11.3 Å². The molecule has 0 amide bonds. The molecule has 6 nitrogen and oxygen atoms in total. The minimum absolute atomic E-state index is 0.0966. The second-order valence-electron chi connectivity index (χ2n) is 6.63. The molecule has 1 aliphatic rings. The standard InChI is InChI=1S/C19H21NO5S2/c1-13-9-17(14(2)20(13)16-6-8-27(23,24)12-16)18(21)10-25-19(22)4-3-15-5-7-26-11-15/h3-5,7,9,11,16H,6,8,10,12H2,1-2H3/b4-3+/t16-/m0/s1. The van der Waals surface area contributed by atoms with Gasteiger partial charge in [-0.2, -0.15) is 11.3 Å². The van der Waals surface area contributed by atoms with Gasteiger partial charge in [0.1, 0.15) is 0 Å². The van der Waals surface area contributed by atoms with Gasteiger partial charge in [-0.1, -0.05) is 0 Å². The summed E-state index contributed by atoms with van der Waals surface area (Å²) in [4.78, 5) is 24.3. The molecule has 3 rings (SSSR count). The van der Waals surface area contributed by atoms with E-state index in [1.54, 1.807) is 19.1 Å². The zero-order chi connectivity index (χ0) is 19.6. The molecule has 0 unspecified atom stereocenters. The Kier molecular flexibility index (Phi) is 5.67. The van der Waals surface area contributed by atoms with Gasteiger partial charge < -0.3 is 9.30 Å². The molecule has 1 saturated heterocycles. The monoisotopic (exact) mass is 407 g/mol. The van der Waals surface area contributed by atoms with Crippen molar-refractivity contribution in [3.63, 3.8) is 0 Å². The van der Waals surface area contributed by atoms with Gasteiger partial charge >= 0.3 is 5.97 Å². The zero-order valence-corrected chi connectivity index (χ0v) is 16.8. The number of rotatable bonds is 6. The molecular formula is C19H21NO5S2. The average Bonchev–Trinajstić information content (AvgIpc) is 3.31. The fourth-order valence-corrected chi connectivity index (χ4v) is 5.73. The Morgan fingerprint density at radius 3 is 2.78 bits per heavy atom. The SMILES string of the molecule is Cc1cc(C(=O)COC(=O)/C=C/c2ccsc2)c(C)n1[C@H]1CCS(=O)(=O)C1. The number of ether oxygens (including phenoxy) is 1. The van der Waals surface area contributed by atoms with Gasteiger partial charge in [-0.05, 0) is 54.8 Å². The van der Waals surface area contributed by atoms with Crippen LogP contribution in [-0.4, -0.2) is 42.9 Å². The second-order valence-corrected chi connectivity index (χ2v) is 9.64. The van der Waals surface area contributed by atoms with Gasteiger partial charge in [-0.3, -0.25) is 4.79 Å². The number of aryl methyl sites for hydroxylation is 1. The number of hydrogen-bond acceptors (Lipinski definition) is 6. The molecule has 1 atom stereocenters. The molecule has 0 aliphatic carbocycles. The second kappa shape index (κ2) is 7.82. The van der Waals surface area contributed by atoms with E-state index < -0.39 is 15.8 Å². The van der Waals surface area contributed by atoms with Crippen molar-refractivity contribution in [2.24, 2.45) is 0 Å². The number of sulfone groups is 1. The summed E-state index contributed by atoms with van der Waals surface area (Å²) >= 11 is 1.52. The number of aromatic nitrogens is 1. The molecule has 3 heterocycles. The minimum Gasteiger partial charge on any atom is -0.454 e. The number of esters is 1. The smallest absolute Gasteiger partial charge is 0.331 e. The molecule has 27 heavy (non-hydrogen) atoms. The van der Waals surface area contributed by atoms with Crippen LogP contribution in [0.5, 0.6) is 0 Å². The fourth-order valence-electron chi connectivity index (χ4n) is 3.40. The zero-order valence-electron chi connectivity index (χ0n) is 15.2. The molecule has 0 saturated carbocycles. The van der Waals surface area contributed by atoms with Crippen LogP contribution in [0, 0.1) is 13.8 Å². The van der Waals surface area contributed by atoms with Crippen molar-refractivity contribution in [1.82, 2.24) is 4.57 Å². The van der Waals surface area contributed by atoms with Crippen LogP contribution in [0.2, 0.25) is 0 Å². The highest BCUT2D eigenvalue weighted by molar-refractivity contribution is 7.91. The predicted molar refractivity (Wildman–Crippen MR) is 105 cm³/mol. The van der Waals surface area contributed by atoms with Crippen LogP contribution in [0.4, 0.5) is 0 Å². The quantitative estimate of drug-likeness (QED) is 0.418. The maximum absolute atomic E-state index is 12.5. The van der Waals surface area contributed by atoms with Crippen molar-refractivity contribution < 1.29 is 22.7 Å². The van der Waals surface area contributed by atoms with Crippen LogP contribution in [0.1, 0.15) is 39.8 Å². The highest BCUT2D eigenvalue weighted by Gasteiger charge is 2.31. The van der Waals surface area contributed by atoms with Gasteiger partial charge in [0.2, 0.25) is 5.78 Å². The molecule has 2 aromatic rings. The summed E-state index contributed by atoms with van der Waals surface area (Å²) in [5.41, 5.74) is 2.91. The Bertz CT molecular complexity index is 984. The Labute approximate surface area is 162 Å². The fraction of sp³-hybridized carbons (Fsp3) is 0.368. The molecule has 0 spiro atoms. The summed E-state index contributed by atoms with van der Waals surface area (Å²) in [5, 5.41) is 3.80. The van der Waals surface area contributed by atoms with Crippen molar-refractivity contribution in [3.05, 3.63) is 51.5 Å². The van der Waals surface area contributed by atoms with Gasteiger partial charge in [-0.15, -0.1) is 0 Å². The summed E-state index contributed by atoms with van der Waals surface area (Å²) in [6.45, 7) is 3.30. The van der Waals surface area contributed by atoms with E-state index in [2.05, 4.69) is 0 Å². The van der Waals surface area contributed by atoms with E-state index in [1.165, 1.54) is 17.4 Å². The molecule has 144 valence electrons. The molecule has 0 radical (unpaired) electrons. The van der Waals surface area contributed by atoms with Crippen molar-refractivity contribution in [3.8, 4) is 0 Å². The normalized spacial score (nSPS) is 18.8. The predicted octanol–water partition coefficient (Wildman–Crippen LogP) is 2.97. The summed E-state index contributed by atoms with van der Waals surface area (Å²) in [7, 11) is -3.02. The number of nitrogens with zero attached hydrogens (tertiary/aromatic N) is 1. The van der Waals surface area contributed by atoms with Crippen LogP contribution in [-0.2, 0) is 19.4 Å². The van der Waals surface area contributed by atoms with E-state index in [-0.39, 0.29) is 29.9 Å². The molecule has 1 fully saturated rings. The lowest BCUT2D eigenvalue weighted by Gasteiger charge is -2.16. The number of hydrogen-bond donors (Lipinski definition) is 0. The van der Waals surface area contributed by atoms with E-state index in [0.29, 0.717) is 17.7 Å². The maximum Gasteiger partial charge on any atom is 0.331 e. The first-order valence-electron chi connectivity index (χ1n) is 8.56. The Morgan fingerprint density at radius 1 is 1.37 bits per heavy atom. The van der Waals surface area contributed by atoms with Gasteiger partial charge in [0.15, 0.2) is 16.4 Å². The van der Waals surface area contributed by atoms with E-state index in [9.17, 15) is 18.0 Å². The summed E-state index contributed by atoms with van der Waals surface area (Å²) < 4.78 is 30.5. The third-order valence-electron chi connectivity index (χ3n) is 4.66. The average molecular weight is 408 g/mol. The number of carbonyl (C=O) groups is 2. The lowest BCUT2D eigenvalue weighted by atomic mass is 10.1. The first-order chi connectivity index (χ1) is 12.8. The van der Waals surface area contributed by atoms with E-state index in [0.717, 1.165) is 11.3 Å². The van der Waals surface area contributed by atoms with Gasteiger partial charge in [0.05, 0.1) is 11.5 Å². The van der Waals surface area contributed by atoms with Crippen molar-refractivity contribution in [1.29, 1.82) is 0 Å². The number of carbonyl (C=O) groups excluding carboxylic acids is 2. The van der Waals surface area contributed by atoms with Crippen LogP contribution in [0.25, 0.3) is 6.08 Å². The summed E-state index contributed by atoms with van der Waals surface area (Å²) in [6.07, 6.45) is 3.48. The highest BCUT2D eigenvalue weighted by atomic mass is 32.2. The molecule has 2 aromatic heterocycles. The van der Waals surface area contributed by atoms with Gasteiger partial charge in [-0.25, -0.2) is 13.2 Å². The topological polar surface area (TPSA) is 82.4 Å². The molecule has 0 N–H and O–H groups in total. The number of Topliss-reactive ketones (excluding diaryl/α,β-unsaturated/α-hetero) is 1.